The van der Waals surface area contributed by atoms with E-state index in [1.165, 1.54) is 4.52 Å². The van der Waals surface area contributed by atoms with Gasteiger partial charge in [-0.25, -0.2) is 9.50 Å². The minimum absolute atomic E-state index is 0.0470. The molecule has 0 radical (unpaired) electrons. The Morgan fingerprint density at radius 3 is 2.86 bits per heavy atom. The second kappa shape index (κ2) is 7.25. The number of amides is 2. The summed E-state index contributed by atoms with van der Waals surface area (Å²) < 4.78 is 7.40. The molecule has 0 bridgehead atoms. The summed E-state index contributed by atoms with van der Waals surface area (Å²) in [4.78, 5) is 37.6. The molecular weight excluding hydrogens is 372 g/mol. The summed E-state index contributed by atoms with van der Waals surface area (Å²) in [6.07, 6.45) is 3.44. The van der Waals surface area contributed by atoms with Crippen LogP contribution in [0.1, 0.15) is 22.6 Å². The monoisotopic (exact) mass is 392 g/mol. The zero-order valence-corrected chi connectivity index (χ0v) is 15.7. The third kappa shape index (κ3) is 3.33. The van der Waals surface area contributed by atoms with E-state index in [4.69, 9.17) is 4.74 Å². The van der Waals surface area contributed by atoms with E-state index in [0.717, 1.165) is 5.56 Å². The van der Waals surface area contributed by atoms with Gasteiger partial charge in [0.25, 0.3) is 11.7 Å². The molecule has 0 saturated carbocycles. The van der Waals surface area contributed by atoms with Crippen LogP contribution in [-0.2, 0) is 16.1 Å². The van der Waals surface area contributed by atoms with E-state index in [1.54, 1.807) is 23.4 Å². The van der Waals surface area contributed by atoms with Gasteiger partial charge in [0.2, 0.25) is 11.7 Å². The van der Waals surface area contributed by atoms with Crippen molar-refractivity contribution in [2.24, 2.45) is 0 Å². The molecule has 1 aromatic carbocycles. The van der Waals surface area contributed by atoms with Crippen LogP contribution in [0.15, 0.2) is 48.8 Å². The number of carbonyl (C=O) groups excluding carboxylic acids is 2. The van der Waals surface area contributed by atoms with Crippen LogP contribution in [0.3, 0.4) is 0 Å². The molecule has 9 nitrogen and oxygen atoms in total. The number of benzene rings is 1. The Labute approximate surface area is 166 Å². The van der Waals surface area contributed by atoms with Gasteiger partial charge in [-0.2, -0.15) is 4.98 Å². The van der Waals surface area contributed by atoms with Crippen LogP contribution >= 0.6 is 0 Å². The van der Waals surface area contributed by atoms with Gasteiger partial charge in [-0.15, -0.1) is 5.10 Å². The van der Waals surface area contributed by atoms with E-state index < -0.39 is 0 Å². The van der Waals surface area contributed by atoms with Gasteiger partial charge < -0.3 is 14.5 Å². The Morgan fingerprint density at radius 2 is 2.03 bits per heavy atom. The second-order valence-electron chi connectivity index (χ2n) is 7.24. The van der Waals surface area contributed by atoms with Crippen LogP contribution in [0.4, 0.5) is 0 Å². The smallest absolute Gasteiger partial charge is 0.293 e. The number of fused-ring (bicyclic) bond motifs is 2. The molecule has 2 atom stereocenters. The lowest BCUT2D eigenvalue weighted by Crippen LogP contribution is -2.45. The Morgan fingerprint density at radius 1 is 1.17 bits per heavy atom. The minimum atomic E-state index is -0.278. The summed E-state index contributed by atoms with van der Waals surface area (Å²) >= 11 is 0. The molecule has 0 unspecified atom stereocenters. The fourth-order valence-electron chi connectivity index (χ4n) is 3.96. The molecule has 0 N–H and O–H groups in total. The van der Waals surface area contributed by atoms with Gasteiger partial charge >= 0.3 is 0 Å². The number of ether oxygens (including phenoxy) is 1. The molecular formula is C20H20N6O3. The Balaban J connectivity index is 1.38. The quantitative estimate of drug-likeness (QED) is 0.654. The van der Waals surface area contributed by atoms with Crippen molar-refractivity contribution in [3.05, 3.63) is 60.2 Å². The number of aromatic nitrogens is 4. The first kappa shape index (κ1) is 17.7. The van der Waals surface area contributed by atoms with Crippen molar-refractivity contribution in [1.82, 2.24) is 29.4 Å². The average Bonchev–Trinajstić information content (AvgIpc) is 3.33. The first-order valence-corrected chi connectivity index (χ1v) is 9.61. The van der Waals surface area contributed by atoms with Crippen LogP contribution in [-0.4, -0.2) is 73.0 Å². The second-order valence-corrected chi connectivity index (χ2v) is 7.24. The molecule has 0 aliphatic carbocycles. The molecule has 29 heavy (non-hydrogen) atoms. The Hall–Kier alpha value is -3.33. The third-order valence-corrected chi connectivity index (χ3v) is 5.40. The molecule has 2 aromatic heterocycles. The van der Waals surface area contributed by atoms with Crippen LogP contribution in [0.5, 0.6) is 0 Å². The van der Waals surface area contributed by atoms with Gasteiger partial charge in [-0.1, -0.05) is 30.3 Å². The van der Waals surface area contributed by atoms with Gasteiger partial charge in [0.05, 0.1) is 25.2 Å². The Kier molecular flexibility index (Phi) is 4.44. The van der Waals surface area contributed by atoms with Gasteiger partial charge in [0.1, 0.15) is 0 Å². The maximum absolute atomic E-state index is 13.0. The molecule has 4 heterocycles. The summed E-state index contributed by atoms with van der Waals surface area (Å²) in [7, 11) is 0. The zero-order chi connectivity index (χ0) is 19.8. The predicted octanol–water partition coefficient (Wildman–Crippen LogP) is 0.766. The fourth-order valence-corrected chi connectivity index (χ4v) is 3.96. The molecule has 5 rings (SSSR count). The van der Waals surface area contributed by atoms with Crippen molar-refractivity contribution in [1.29, 1.82) is 0 Å². The standard InChI is InChI=1S/C20H20N6O3/c27-17-7-10-29-16-13-24(12-15(16)25(17)11-14-5-2-1-3-6-14)19(28)18-22-20-21-8-4-9-26(20)23-18/h1-6,8-9,15-16H,7,10-13H2/t15-,16-/m0/s1. The number of likely N-dealkylation sites (tertiary alicyclic amines) is 1. The van der Waals surface area contributed by atoms with Crippen molar-refractivity contribution in [3.8, 4) is 0 Å². The molecule has 2 saturated heterocycles. The van der Waals surface area contributed by atoms with Crippen LogP contribution in [0.25, 0.3) is 5.78 Å². The van der Waals surface area contributed by atoms with Crippen LogP contribution < -0.4 is 0 Å². The van der Waals surface area contributed by atoms with E-state index >= 15 is 0 Å². The van der Waals surface area contributed by atoms with Gasteiger partial charge in [-0.05, 0) is 11.6 Å². The van der Waals surface area contributed by atoms with Crippen molar-refractivity contribution in [3.63, 3.8) is 0 Å². The van der Waals surface area contributed by atoms with Gasteiger partial charge in [0, 0.05) is 32.0 Å². The van der Waals surface area contributed by atoms with Crippen molar-refractivity contribution in [2.45, 2.75) is 25.1 Å². The number of nitrogens with zero attached hydrogens (tertiary/aromatic N) is 6. The number of carbonyl (C=O) groups is 2. The average molecular weight is 392 g/mol. The van der Waals surface area contributed by atoms with E-state index in [-0.39, 0.29) is 29.8 Å². The van der Waals surface area contributed by atoms with Crippen molar-refractivity contribution >= 4 is 17.6 Å². The molecule has 2 aliphatic heterocycles. The predicted molar refractivity (Wildman–Crippen MR) is 102 cm³/mol. The number of hydrogen-bond donors (Lipinski definition) is 0. The van der Waals surface area contributed by atoms with Crippen molar-refractivity contribution < 1.29 is 14.3 Å². The highest BCUT2D eigenvalue weighted by molar-refractivity contribution is 5.91. The Bertz CT molecular complexity index is 1020. The van der Waals surface area contributed by atoms with E-state index in [1.807, 2.05) is 35.2 Å². The highest BCUT2D eigenvalue weighted by Gasteiger charge is 2.43. The van der Waals surface area contributed by atoms with Gasteiger partial charge in [0.15, 0.2) is 0 Å². The third-order valence-electron chi connectivity index (χ3n) is 5.40. The van der Waals surface area contributed by atoms with Gasteiger partial charge in [-0.3, -0.25) is 9.59 Å². The highest BCUT2D eigenvalue weighted by Crippen LogP contribution is 2.26. The SMILES string of the molecule is O=C(c1nc2ncccn2n1)N1C[C@@H]2OCCC(=O)N(Cc3ccccc3)[C@H]2C1. The zero-order valence-electron chi connectivity index (χ0n) is 15.7. The molecule has 148 valence electrons. The summed E-state index contributed by atoms with van der Waals surface area (Å²) in [6.45, 7) is 1.67. The maximum Gasteiger partial charge on any atom is 0.293 e. The minimum Gasteiger partial charge on any atom is -0.374 e. The summed E-state index contributed by atoms with van der Waals surface area (Å²) in [5.41, 5.74) is 1.05. The lowest BCUT2D eigenvalue weighted by Gasteiger charge is -2.29. The summed E-state index contributed by atoms with van der Waals surface area (Å²) in [6, 6.07) is 11.4. The van der Waals surface area contributed by atoms with E-state index in [2.05, 4.69) is 15.1 Å². The molecule has 2 fully saturated rings. The summed E-state index contributed by atoms with van der Waals surface area (Å²) in [5.74, 6) is 0.243. The lowest BCUT2D eigenvalue weighted by atomic mass is 10.1. The molecule has 3 aromatic rings. The number of rotatable bonds is 3. The normalized spacial score (nSPS) is 22.0. The first-order chi connectivity index (χ1) is 14.2. The molecule has 2 aliphatic rings. The van der Waals surface area contributed by atoms with E-state index in [9.17, 15) is 9.59 Å². The van der Waals surface area contributed by atoms with Crippen LogP contribution in [0.2, 0.25) is 0 Å². The maximum atomic E-state index is 13.0. The molecule has 0 spiro atoms. The molecule has 2 amide bonds. The first-order valence-electron chi connectivity index (χ1n) is 9.61. The van der Waals surface area contributed by atoms with Crippen molar-refractivity contribution in [2.75, 3.05) is 19.7 Å². The summed E-state index contributed by atoms with van der Waals surface area (Å²) in [5, 5.41) is 4.23. The molecule has 9 heteroatoms. The number of hydrogen-bond acceptors (Lipinski definition) is 6. The van der Waals surface area contributed by atoms with E-state index in [0.29, 0.717) is 38.4 Å². The highest BCUT2D eigenvalue weighted by atomic mass is 16.5. The lowest BCUT2D eigenvalue weighted by molar-refractivity contribution is -0.133. The fraction of sp³-hybridized carbons (Fsp3) is 0.350. The topological polar surface area (TPSA) is 92.9 Å². The largest absolute Gasteiger partial charge is 0.374 e. The van der Waals surface area contributed by atoms with Crippen LogP contribution in [0, 0.1) is 0 Å².